The Kier molecular flexibility index (Phi) is 4.11. The lowest BCUT2D eigenvalue weighted by molar-refractivity contribution is -0.132. The van der Waals surface area contributed by atoms with Gasteiger partial charge < -0.3 is 14.3 Å². The van der Waals surface area contributed by atoms with Crippen LogP contribution in [0, 0.1) is 5.82 Å². The molecule has 0 unspecified atom stereocenters. The fourth-order valence-electron chi connectivity index (χ4n) is 3.00. The predicted molar refractivity (Wildman–Crippen MR) is 81.1 cm³/mol. The average Bonchev–Trinajstić information content (AvgIpc) is 2.89. The highest BCUT2D eigenvalue weighted by Crippen LogP contribution is 2.32. The van der Waals surface area contributed by atoms with Crippen molar-refractivity contribution in [3.63, 3.8) is 0 Å². The van der Waals surface area contributed by atoms with Gasteiger partial charge in [-0.25, -0.2) is 4.39 Å². The number of piperidine rings is 1. The number of aromatic nitrogens is 1. The summed E-state index contributed by atoms with van der Waals surface area (Å²) in [5.74, 6) is 0.102. The molecular weight excluding hydrogens is 285 g/mol. The van der Waals surface area contributed by atoms with E-state index in [4.69, 9.17) is 4.52 Å². The van der Waals surface area contributed by atoms with Gasteiger partial charge >= 0.3 is 0 Å². The zero-order valence-electron chi connectivity index (χ0n) is 12.9. The summed E-state index contributed by atoms with van der Waals surface area (Å²) in [7, 11) is 3.79. The lowest BCUT2D eigenvalue weighted by Gasteiger charge is -2.32. The van der Waals surface area contributed by atoms with E-state index in [1.165, 1.54) is 12.1 Å². The van der Waals surface area contributed by atoms with Crippen molar-refractivity contribution < 1.29 is 13.7 Å². The molecule has 1 aliphatic heterocycles. The Balaban J connectivity index is 1.69. The Hall–Kier alpha value is -1.95. The molecule has 0 aliphatic carbocycles. The third-order valence-corrected chi connectivity index (χ3v) is 4.15. The molecule has 1 saturated heterocycles. The summed E-state index contributed by atoms with van der Waals surface area (Å²) in [6.07, 6.45) is 1.72. The van der Waals surface area contributed by atoms with E-state index in [-0.39, 0.29) is 17.6 Å². The van der Waals surface area contributed by atoms with E-state index >= 15 is 0 Å². The van der Waals surface area contributed by atoms with Gasteiger partial charge in [0.25, 0.3) is 0 Å². The minimum absolute atomic E-state index is 0.163. The number of halogens is 1. The predicted octanol–water partition coefficient (Wildman–Crippen LogP) is 2.23. The number of rotatable bonds is 3. The third kappa shape index (κ3) is 2.97. The summed E-state index contributed by atoms with van der Waals surface area (Å²) in [6.45, 7) is 1.90. The molecule has 1 amide bonds. The van der Waals surface area contributed by atoms with Crippen LogP contribution in [-0.2, 0) is 4.79 Å². The Bertz CT molecular complexity index is 675. The minimum atomic E-state index is -0.320. The quantitative estimate of drug-likeness (QED) is 0.872. The fourth-order valence-corrected chi connectivity index (χ4v) is 3.00. The van der Waals surface area contributed by atoms with E-state index < -0.39 is 0 Å². The molecule has 1 aromatic heterocycles. The van der Waals surface area contributed by atoms with Crippen LogP contribution in [0.2, 0.25) is 0 Å². The summed E-state index contributed by atoms with van der Waals surface area (Å²) < 4.78 is 18.4. The Morgan fingerprint density at radius 3 is 2.82 bits per heavy atom. The molecule has 0 spiro atoms. The van der Waals surface area contributed by atoms with Crippen molar-refractivity contribution in [3.8, 4) is 0 Å². The van der Waals surface area contributed by atoms with E-state index in [1.807, 2.05) is 23.9 Å². The number of likely N-dealkylation sites (tertiary alicyclic amines) is 1. The van der Waals surface area contributed by atoms with Gasteiger partial charge in [-0.1, -0.05) is 5.16 Å². The van der Waals surface area contributed by atoms with Crippen LogP contribution in [-0.4, -0.2) is 54.6 Å². The summed E-state index contributed by atoms with van der Waals surface area (Å²) >= 11 is 0. The van der Waals surface area contributed by atoms with E-state index in [0.29, 0.717) is 12.1 Å². The summed E-state index contributed by atoms with van der Waals surface area (Å²) in [6, 6.07) is 4.51. The maximum atomic E-state index is 13.2. The molecule has 0 N–H and O–H groups in total. The van der Waals surface area contributed by atoms with Gasteiger partial charge in [0.15, 0.2) is 5.58 Å². The number of likely N-dealkylation sites (N-methyl/N-ethyl adjacent to an activating group) is 1. The fraction of sp³-hybridized carbons (Fsp3) is 0.500. The van der Waals surface area contributed by atoms with Crippen molar-refractivity contribution in [3.05, 3.63) is 29.7 Å². The van der Waals surface area contributed by atoms with Gasteiger partial charge in [-0.05, 0) is 39.1 Å². The first-order chi connectivity index (χ1) is 10.5. The molecule has 5 nitrogen and oxygen atoms in total. The zero-order chi connectivity index (χ0) is 15.7. The molecule has 1 aliphatic rings. The number of amides is 1. The second kappa shape index (κ2) is 6.04. The summed E-state index contributed by atoms with van der Waals surface area (Å²) in [5, 5.41) is 5.00. The number of hydrogen-bond acceptors (Lipinski definition) is 4. The van der Waals surface area contributed by atoms with Crippen molar-refractivity contribution in [2.75, 3.05) is 33.7 Å². The van der Waals surface area contributed by atoms with Gasteiger partial charge in [0, 0.05) is 30.5 Å². The van der Waals surface area contributed by atoms with Gasteiger partial charge in [0.1, 0.15) is 5.82 Å². The maximum absolute atomic E-state index is 13.2. The van der Waals surface area contributed by atoms with Crippen LogP contribution in [0.15, 0.2) is 22.7 Å². The molecule has 0 bridgehead atoms. The number of fused-ring (bicyclic) bond motifs is 1. The maximum Gasteiger partial charge on any atom is 0.236 e. The first kappa shape index (κ1) is 15.0. The molecule has 22 heavy (non-hydrogen) atoms. The van der Waals surface area contributed by atoms with Crippen LogP contribution in [0.3, 0.4) is 0 Å². The van der Waals surface area contributed by atoms with Gasteiger partial charge in [-0.3, -0.25) is 4.79 Å². The highest BCUT2D eigenvalue weighted by molar-refractivity contribution is 5.80. The van der Waals surface area contributed by atoms with Crippen LogP contribution in [0.1, 0.15) is 24.5 Å². The number of benzene rings is 1. The average molecular weight is 305 g/mol. The number of carbonyl (C=O) groups is 1. The van der Waals surface area contributed by atoms with E-state index in [1.54, 1.807) is 6.07 Å². The standard InChI is InChI=1S/C16H20FN3O2/c1-19(2)10-15(21)20-7-5-11(6-8-20)16-13-4-3-12(17)9-14(13)22-18-16/h3-4,9,11H,5-8,10H2,1-2H3. The molecule has 2 aromatic rings. The molecule has 0 radical (unpaired) electrons. The highest BCUT2D eigenvalue weighted by Gasteiger charge is 2.27. The van der Waals surface area contributed by atoms with Crippen LogP contribution >= 0.6 is 0 Å². The SMILES string of the molecule is CN(C)CC(=O)N1CCC(c2noc3cc(F)ccc23)CC1. The number of nitrogens with zero attached hydrogens (tertiary/aromatic N) is 3. The molecule has 0 atom stereocenters. The normalized spacial score (nSPS) is 16.6. The Morgan fingerprint density at radius 1 is 1.41 bits per heavy atom. The van der Waals surface area contributed by atoms with Gasteiger partial charge in [0.2, 0.25) is 5.91 Å². The summed E-state index contributed by atoms with van der Waals surface area (Å²) in [4.78, 5) is 15.8. The van der Waals surface area contributed by atoms with Gasteiger partial charge in [-0.2, -0.15) is 0 Å². The van der Waals surface area contributed by atoms with Crippen molar-refractivity contribution >= 4 is 16.9 Å². The largest absolute Gasteiger partial charge is 0.356 e. The molecule has 3 rings (SSSR count). The van der Waals surface area contributed by atoms with E-state index in [0.717, 1.165) is 37.0 Å². The van der Waals surface area contributed by atoms with Crippen LogP contribution in [0.5, 0.6) is 0 Å². The van der Waals surface area contributed by atoms with E-state index in [9.17, 15) is 9.18 Å². The second-order valence-electron chi connectivity index (χ2n) is 6.10. The summed E-state index contributed by atoms with van der Waals surface area (Å²) in [5.41, 5.74) is 1.37. The van der Waals surface area contributed by atoms with Crippen LogP contribution < -0.4 is 0 Å². The molecule has 1 fully saturated rings. The highest BCUT2D eigenvalue weighted by atomic mass is 19.1. The molecule has 0 saturated carbocycles. The molecule has 1 aromatic carbocycles. The van der Waals surface area contributed by atoms with Crippen molar-refractivity contribution in [2.24, 2.45) is 0 Å². The Labute approximate surface area is 128 Å². The first-order valence-corrected chi connectivity index (χ1v) is 7.52. The van der Waals surface area contributed by atoms with Gasteiger partial charge in [-0.15, -0.1) is 0 Å². The first-order valence-electron chi connectivity index (χ1n) is 7.52. The molecule has 6 heteroatoms. The third-order valence-electron chi connectivity index (χ3n) is 4.15. The topological polar surface area (TPSA) is 49.6 Å². The molecular formula is C16H20FN3O2. The van der Waals surface area contributed by atoms with Crippen molar-refractivity contribution in [1.29, 1.82) is 0 Å². The smallest absolute Gasteiger partial charge is 0.236 e. The van der Waals surface area contributed by atoms with Gasteiger partial charge in [0.05, 0.1) is 12.2 Å². The second-order valence-corrected chi connectivity index (χ2v) is 6.10. The monoisotopic (exact) mass is 305 g/mol. The van der Waals surface area contributed by atoms with Crippen LogP contribution in [0.25, 0.3) is 11.0 Å². The van der Waals surface area contributed by atoms with Crippen molar-refractivity contribution in [1.82, 2.24) is 15.0 Å². The lowest BCUT2D eigenvalue weighted by Crippen LogP contribution is -2.42. The number of hydrogen-bond donors (Lipinski definition) is 0. The minimum Gasteiger partial charge on any atom is -0.356 e. The van der Waals surface area contributed by atoms with E-state index in [2.05, 4.69) is 5.16 Å². The number of carbonyl (C=O) groups excluding carboxylic acids is 1. The lowest BCUT2D eigenvalue weighted by atomic mass is 9.91. The van der Waals surface area contributed by atoms with Crippen LogP contribution in [0.4, 0.5) is 4.39 Å². The molecule has 118 valence electrons. The zero-order valence-corrected chi connectivity index (χ0v) is 12.9. The molecule has 2 heterocycles. The van der Waals surface area contributed by atoms with Crippen molar-refractivity contribution in [2.45, 2.75) is 18.8 Å². The Morgan fingerprint density at radius 2 is 2.14 bits per heavy atom.